The van der Waals surface area contributed by atoms with Crippen molar-refractivity contribution in [3.05, 3.63) is 138 Å². The van der Waals surface area contributed by atoms with Gasteiger partial charge in [-0.25, -0.2) is 0 Å². The van der Waals surface area contributed by atoms with Gasteiger partial charge in [0.2, 0.25) is 0 Å². The van der Waals surface area contributed by atoms with Crippen molar-refractivity contribution in [2.75, 3.05) is 106 Å². The molecule has 3 aliphatic heterocycles. The van der Waals surface area contributed by atoms with Crippen molar-refractivity contribution >= 4 is 12.4 Å². The summed E-state index contributed by atoms with van der Waals surface area (Å²) in [4.78, 5) is 0. The summed E-state index contributed by atoms with van der Waals surface area (Å²) in [7, 11) is -3.03. The van der Waals surface area contributed by atoms with Crippen molar-refractivity contribution in [2.45, 2.75) is 25.5 Å². The van der Waals surface area contributed by atoms with Gasteiger partial charge in [0.05, 0.1) is 79.3 Å². The van der Waals surface area contributed by atoms with Crippen LogP contribution in [0, 0.1) is 0 Å². The standard InChI is InChI=1S/C50H59O13P/c51-64(50-10-2-1-3-11-50)38-40-6-4-8-44(28-40)62-36-42-30-46-34-47(31-42)59-25-21-55-17-13-53-15-19-57-23-27-61-49-33-43(37-63-45-9-5-7-41(29-45)39-64)32-48(35-49)60-26-22-56-18-14-52-12-16-54-20-24-58-46/h1-11,28-35H,12-27,36-39H2. The summed E-state index contributed by atoms with van der Waals surface area (Å²) in [5.41, 5.74) is 3.52. The lowest BCUT2D eigenvalue weighted by Gasteiger charge is -2.20. The molecule has 0 atom stereocenters. The van der Waals surface area contributed by atoms with E-state index in [1.54, 1.807) is 0 Å². The lowest BCUT2D eigenvalue weighted by Crippen LogP contribution is -2.15. The Hall–Kier alpha value is -5.11. The van der Waals surface area contributed by atoms with Crippen LogP contribution < -0.4 is 33.7 Å². The molecule has 8 rings (SSSR count). The van der Waals surface area contributed by atoms with E-state index in [1.165, 1.54) is 0 Å². The molecule has 0 spiro atoms. The Morgan fingerprint density at radius 3 is 0.984 bits per heavy atom. The van der Waals surface area contributed by atoms with E-state index in [2.05, 4.69) is 0 Å². The maximum absolute atomic E-state index is 15.2. The molecule has 0 aliphatic carbocycles. The Morgan fingerprint density at radius 1 is 0.297 bits per heavy atom. The van der Waals surface area contributed by atoms with Gasteiger partial charge in [-0.3, -0.25) is 0 Å². The number of ether oxygens (including phenoxy) is 12. The van der Waals surface area contributed by atoms with Crippen LogP contribution in [0.5, 0.6) is 34.5 Å². The van der Waals surface area contributed by atoms with Crippen molar-refractivity contribution in [3.63, 3.8) is 0 Å². The number of fused-ring (bicyclic) bond motifs is 28. The first-order valence-corrected chi connectivity index (χ1v) is 24.0. The van der Waals surface area contributed by atoms with E-state index in [9.17, 15) is 0 Å². The molecule has 5 aromatic carbocycles. The smallest absolute Gasteiger partial charge is 0.124 e. The zero-order valence-electron chi connectivity index (χ0n) is 36.4. The van der Waals surface area contributed by atoms with E-state index in [1.807, 2.05) is 115 Å². The Kier molecular flexibility index (Phi) is 19.0. The first-order valence-electron chi connectivity index (χ1n) is 21.9. The summed E-state index contributed by atoms with van der Waals surface area (Å²) in [5.74, 6) is 3.81. The quantitative estimate of drug-likeness (QED) is 0.120. The van der Waals surface area contributed by atoms with Crippen LogP contribution >= 0.6 is 7.14 Å². The molecule has 0 radical (unpaired) electrons. The zero-order chi connectivity index (χ0) is 43.9. The van der Waals surface area contributed by atoms with Crippen LogP contribution in [0.15, 0.2) is 115 Å². The number of hydrogen-bond donors (Lipinski definition) is 0. The van der Waals surface area contributed by atoms with Crippen LogP contribution in [0.3, 0.4) is 0 Å². The van der Waals surface area contributed by atoms with Gasteiger partial charge in [0, 0.05) is 29.8 Å². The number of benzene rings is 5. The molecule has 0 saturated carbocycles. The number of hydrogen-bond acceptors (Lipinski definition) is 13. The van der Waals surface area contributed by atoms with Gasteiger partial charge in [0.1, 0.15) is 81.3 Å². The SMILES string of the molecule is O=P1(c2ccccc2)Cc2cccc(c2)OCc2cc3cc(c2)OCCOCCOCCOCCOc2cc(cc(c2)OCCOCCOCCOCCO3)COc2cccc(c2)C1. The molecule has 64 heavy (non-hydrogen) atoms. The zero-order valence-corrected chi connectivity index (χ0v) is 37.3. The fraction of sp³-hybridized carbons (Fsp3) is 0.400. The predicted octanol–water partition coefficient (Wildman–Crippen LogP) is 7.88. The van der Waals surface area contributed by atoms with E-state index in [0.29, 0.717) is 153 Å². The molecule has 342 valence electrons. The highest BCUT2D eigenvalue weighted by Crippen LogP contribution is 2.51. The van der Waals surface area contributed by atoms with Crippen molar-refractivity contribution in [1.82, 2.24) is 0 Å². The van der Waals surface area contributed by atoms with E-state index in [-0.39, 0.29) is 13.2 Å². The van der Waals surface area contributed by atoms with Gasteiger partial charge >= 0.3 is 0 Å². The Bertz CT molecular complexity index is 1990. The Labute approximate surface area is 376 Å². The molecule has 13 nitrogen and oxygen atoms in total. The minimum Gasteiger partial charge on any atom is -0.491 e. The highest BCUT2D eigenvalue weighted by Gasteiger charge is 2.26. The normalized spacial score (nSPS) is 18.2. The van der Waals surface area contributed by atoms with Gasteiger partial charge < -0.3 is 61.4 Å². The van der Waals surface area contributed by atoms with Crippen molar-refractivity contribution in [3.8, 4) is 34.5 Å². The molecule has 0 fully saturated rings. The minimum atomic E-state index is -3.03. The highest BCUT2D eigenvalue weighted by molar-refractivity contribution is 7.70. The summed E-state index contributed by atoms with van der Waals surface area (Å²) >= 11 is 0. The molecule has 3 aliphatic rings. The van der Waals surface area contributed by atoms with Gasteiger partial charge in [-0.15, -0.1) is 0 Å². The summed E-state index contributed by atoms with van der Waals surface area (Å²) in [6.45, 7) is 6.72. The minimum absolute atomic E-state index is 0.251. The first kappa shape index (κ1) is 46.9. The molecule has 0 aromatic heterocycles. The largest absolute Gasteiger partial charge is 0.491 e. The van der Waals surface area contributed by atoms with Crippen LogP contribution in [0.1, 0.15) is 22.3 Å². The topological polar surface area (TPSA) is 128 Å². The molecule has 0 saturated heterocycles. The fourth-order valence-electron chi connectivity index (χ4n) is 7.05. The van der Waals surface area contributed by atoms with Crippen LogP contribution in [0.2, 0.25) is 0 Å². The average molecular weight is 899 g/mol. The predicted molar refractivity (Wildman–Crippen MR) is 242 cm³/mol. The third-order valence-corrected chi connectivity index (χ3v) is 13.1. The van der Waals surface area contributed by atoms with E-state index < -0.39 is 7.14 Å². The summed E-state index contributed by atoms with van der Waals surface area (Å²) in [6, 6.07) is 36.8. The van der Waals surface area contributed by atoms with Crippen molar-refractivity contribution < 1.29 is 61.4 Å². The lowest BCUT2D eigenvalue weighted by molar-refractivity contribution is 0.00432. The van der Waals surface area contributed by atoms with Crippen LogP contribution in [0.25, 0.3) is 0 Å². The fourth-order valence-corrected chi connectivity index (χ4v) is 9.81. The molecule has 14 heteroatoms. The second-order valence-electron chi connectivity index (χ2n) is 15.1. The number of rotatable bonds is 1. The molecule has 3 heterocycles. The summed E-state index contributed by atoms with van der Waals surface area (Å²) < 4.78 is 86.9. The van der Waals surface area contributed by atoms with Gasteiger partial charge in [0.25, 0.3) is 0 Å². The molecule has 0 amide bonds. The Balaban J connectivity index is 1.16. The molecule has 0 N–H and O–H groups in total. The van der Waals surface area contributed by atoms with Gasteiger partial charge in [0.15, 0.2) is 0 Å². The molecule has 0 unspecified atom stereocenters. The third kappa shape index (κ3) is 16.2. The van der Waals surface area contributed by atoms with E-state index in [0.717, 1.165) is 27.6 Å². The van der Waals surface area contributed by atoms with E-state index >= 15 is 4.57 Å². The molecular formula is C50H59O13P. The summed E-state index contributed by atoms with van der Waals surface area (Å²) in [5, 5.41) is 0.809. The van der Waals surface area contributed by atoms with E-state index in [4.69, 9.17) is 56.8 Å². The Morgan fingerprint density at radius 2 is 0.625 bits per heavy atom. The van der Waals surface area contributed by atoms with Gasteiger partial charge in [-0.1, -0.05) is 54.6 Å². The van der Waals surface area contributed by atoms with Crippen LogP contribution in [0.4, 0.5) is 0 Å². The third-order valence-electron chi connectivity index (χ3n) is 10.1. The van der Waals surface area contributed by atoms with Crippen LogP contribution in [-0.2, 0) is 58.5 Å². The summed E-state index contributed by atoms with van der Waals surface area (Å²) in [6.07, 6.45) is 0.684. The monoisotopic (exact) mass is 898 g/mol. The second kappa shape index (κ2) is 26.0. The maximum Gasteiger partial charge on any atom is 0.124 e. The van der Waals surface area contributed by atoms with Crippen molar-refractivity contribution in [2.24, 2.45) is 0 Å². The molecule has 5 aromatic rings. The second-order valence-corrected chi connectivity index (χ2v) is 18.0. The van der Waals surface area contributed by atoms with Crippen LogP contribution in [-0.4, -0.2) is 106 Å². The maximum atomic E-state index is 15.2. The highest BCUT2D eigenvalue weighted by atomic mass is 31.2. The molecule has 10 bridgehead atoms. The van der Waals surface area contributed by atoms with Gasteiger partial charge in [-0.2, -0.15) is 0 Å². The average Bonchev–Trinajstić information content (AvgIpc) is 3.30. The van der Waals surface area contributed by atoms with Crippen molar-refractivity contribution in [1.29, 1.82) is 0 Å². The lowest BCUT2D eigenvalue weighted by atomic mass is 10.2. The first-order chi connectivity index (χ1) is 31.6. The van der Waals surface area contributed by atoms with Gasteiger partial charge in [-0.05, 0) is 70.8 Å². The molecular weight excluding hydrogens is 840 g/mol.